The maximum absolute atomic E-state index is 11.9. The lowest BCUT2D eigenvalue weighted by Crippen LogP contribution is -2.19. The van der Waals surface area contributed by atoms with Gasteiger partial charge in [0.25, 0.3) is 5.91 Å². The number of aromatic hydroxyl groups is 1. The number of nitrogens with zero attached hydrogens (tertiary/aromatic N) is 4. The van der Waals surface area contributed by atoms with Crippen molar-refractivity contribution in [3.05, 3.63) is 86.3 Å². The summed E-state index contributed by atoms with van der Waals surface area (Å²) in [6, 6.07) is 9.37. The molecular weight excluding hydrogens is 446 g/mol. The van der Waals surface area contributed by atoms with Gasteiger partial charge in [-0.2, -0.15) is 9.61 Å². The van der Waals surface area contributed by atoms with E-state index in [0.717, 1.165) is 12.1 Å². The fourth-order valence-corrected chi connectivity index (χ4v) is 3.75. The first-order valence-corrected chi connectivity index (χ1v) is 11.4. The lowest BCUT2D eigenvalue weighted by atomic mass is 10.1. The quantitative estimate of drug-likeness (QED) is 0.317. The molecule has 0 aliphatic heterocycles. The zero-order valence-corrected chi connectivity index (χ0v) is 19.2. The SMILES string of the molecule is CNC(=O)c1cccc(C/C=C/c2cc(=NCC3CC3)n3ncc(=Cc4[nH]c(=O)[nH]c4O)c3n2)c1. The van der Waals surface area contributed by atoms with Gasteiger partial charge in [0.1, 0.15) is 5.69 Å². The summed E-state index contributed by atoms with van der Waals surface area (Å²) < 4.78 is 1.67. The maximum Gasteiger partial charge on any atom is 0.326 e. The summed E-state index contributed by atoms with van der Waals surface area (Å²) in [5.74, 6) is 0.250. The van der Waals surface area contributed by atoms with Gasteiger partial charge < -0.3 is 15.4 Å². The molecule has 0 spiro atoms. The fourth-order valence-electron chi connectivity index (χ4n) is 3.75. The normalized spacial score (nSPS) is 14.9. The number of imidazole rings is 1. The summed E-state index contributed by atoms with van der Waals surface area (Å²) in [4.78, 5) is 37.7. The predicted octanol–water partition coefficient (Wildman–Crippen LogP) is 0.925. The Balaban J connectivity index is 1.51. The van der Waals surface area contributed by atoms with Crippen LogP contribution in [0.1, 0.15) is 40.2 Å². The predicted molar refractivity (Wildman–Crippen MR) is 131 cm³/mol. The summed E-state index contributed by atoms with van der Waals surface area (Å²) in [6.45, 7) is 0.735. The summed E-state index contributed by atoms with van der Waals surface area (Å²) in [6.07, 6.45) is 10.2. The van der Waals surface area contributed by atoms with Gasteiger partial charge in [0, 0.05) is 30.4 Å². The number of rotatable bonds is 7. The number of nitrogens with one attached hydrogen (secondary N) is 3. The minimum atomic E-state index is -0.498. The van der Waals surface area contributed by atoms with Gasteiger partial charge in [-0.1, -0.05) is 18.2 Å². The van der Waals surface area contributed by atoms with Crippen LogP contribution in [-0.4, -0.2) is 49.2 Å². The highest BCUT2D eigenvalue weighted by molar-refractivity contribution is 5.94. The van der Waals surface area contributed by atoms with Crippen molar-refractivity contribution in [1.82, 2.24) is 29.9 Å². The van der Waals surface area contributed by atoms with Gasteiger partial charge in [0.2, 0.25) is 5.88 Å². The van der Waals surface area contributed by atoms with Crippen LogP contribution < -0.4 is 21.7 Å². The smallest absolute Gasteiger partial charge is 0.326 e. The number of carbonyl (C=O) groups is 1. The Bertz CT molecular complexity index is 1610. The van der Waals surface area contributed by atoms with Crippen LogP contribution in [0.4, 0.5) is 0 Å². The second-order valence-corrected chi connectivity index (χ2v) is 8.53. The molecule has 178 valence electrons. The van der Waals surface area contributed by atoms with Gasteiger partial charge in [0.15, 0.2) is 11.1 Å². The molecule has 0 atom stereocenters. The number of aromatic nitrogens is 5. The molecule has 10 heteroatoms. The minimum absolute atomic E-state index is 0.121. The van der Waals surface area contributed by atoms with E-state index >= 15 is 0 Å². The second kappa shape index (κ2) is 9.41. The first kappa shape index (κ1) is 22.3. The van der Waals surface area contributed by atoms with Crippen LogP contribution in [0.5, 0.6) is 5.88 Å². The molecule has 0 unspecified atom stereocenters. The van der Waals surface area contributed by atoms with Crippen LogP contribution in [0.2, 0.25) is 0 Å². The molecule has 1 aliphatic rings. The average molecular weight is 472 g/mol. The number of hydrogen-bond donors (Lipinski definition) is 4. The Hall–Kier alpha value is -4.47. The Labute approximate surface area is 199 Å². The highest BCUT2D eigenvalue weighted by Crippen LogP contribution is 2.28. The topological polar surface area (TPSA) is 141 Å². The van der Waals surface area contributed by atoms with Crippen molar-refractivity contribution in [3.63, 3.8) is 0 Å². The lowest BCUT2D eigenvalue weighted by molar-refractivity contribution is 0.0963. The molecule has 35 heavy (non-hydrogen) atoms. The Morgan fingerprint density at radius 2 is 2.17 bits per heavy atom. The third-order valence-corrected chi connectivity index (χ3v) is 5.80. The number of amides is 1. The highest BCUT2D eigenvalue weighted by Gasteiger charge is 2.20. The largest absolute Gasteiger partial charge is 0.493 e. The van der Waals surface area contributed by atoms with Crippen molar-refractivity contribution in [1.29, 1.82) is 0 Å². The van der Waals surface area contributed by atoms with Crippen LogP contribution in [-0.2, 0) is 6.42 Å². The van der Waals surface area contributed by atoms with E-state index < -0.39 is 5.69 Å². The zero-order chi connectivity index (χ0) is 24.4. The van der Waals surface area contributed by atoms with Crippen molar-refractivity contribution in [3.8, 4) is 5.88 Å². The van der Waals surface area contributed by atoms with Crippen LogP contribution in [0.3, 0.4) is 0 Å². The van der Waals surface area contributed by atoms with E-state index in [2.05, 4.69) is 20.4 Å². The van der Waals surface area contributed by atoms with E-state index in [1.807, 2.05) is 36.4 Å². The highest BCUT2D eigenvalue weighted by atomic mass is 16.3. The number of carbonyl (C=O) groups excluding carboxylic acids is 1. The van der Waals surface area contributed by atoms with Crippen molar-refractivity contribution in [2.24, 2.45) is 10.9 Å². The van der Waals surface area contributed by atoms with E-state index in [1.165, 1.54) is 12.8 Å². The van der Waals surface area contributed by atoms with Gasteiger partial charge in [-0.3, -0.25) is 14.8 Å². The monoisotopic (exact) mass is 471 g/mol. The molecule has 1 aromatic carbocycles. The number of benzene rings is 1. The first-order valence-electron chi connectivity index (χ1n) is 11.4. The van der Waals surface area contributed by atoms with Crippen LogP contribution in [0, 0.1) is 5.92 Å². The van der Waals surface area contributed by atoms with Gasteiger partial charge in [-0.25, -0.2) is 9.78 Å². The van der Waals surface area contributed by atoms with Crippen LogP contribution >= 0.6 is 0 Å². The number of fused-ring (bicyclic) bond motifs is 1. The third kappa shape index (κ3) is 5.06. The fraction of sp³-hybridized carbons (Fsp3) is 0.240. The van der Waals surface area contributed by atoms with Gasteiger partial charge in [-0.15, -0.1) is 0 Å². The summed E-state index contributed by atoms with van der Waals surface area (Å²) >= 11 is 0. The molecule has 4 aromatic rings. The van der Waals surface area contributed by atoms with Gasteiger partial charge in [-0.05, 0) is 55.0 Å². The van der Waals surface area contributed by atoms with Gasteiger partial charge in [0.05, 0.1) is 11.9 Å². The molecule has 0 saturated heterocycles. The number of allylic oxidation sites excluding steroid dienone is 1. The van der Waals surface area contributed by atoms with Crippen molar-refractivity contribution in [2.45, 2.75) is 19.3 Å². The molecule has 0 radical (unpaired) electrons. The molecule has 1 fully saturated rings. The number of H-pyrrole nitrogens is 2. The summed E-state index contributed by atoms with van der Waals surface area (Å²) in [5.41, 5.74) is 3.33. The molecule has 3 aromatic heterocycles. The van der Waals surface area contributed by atoms with E-state index in [-0.39, 0.29) is 17.5 Å². The molecular formula is C25H25N7O3. The summed E-state index contributed by atoms with van der Waals surface area (Å²) in [5, 5.41) is 17.6. The van der Waals surface area contributed by atoms with Crippen molar-refractivity contribution < 1.29 is 9.90 Å². The lowest BCUT2D eigenvalue weighted by Gasteiger charge is -2.02. The number of hydrogen-bond acceptors (Lipinski definition) is 6. The standard InChI is InChI=1S/C25H25N7O3/c1-26-23(33)17-6-2-4-15(10-17)5-3-7-19-12-21(27-13-16-8-9-16)32-22(29-19)18(14-28-32)11-20-24(34)31-25(35)30-20/h2-4,6-7,10-12,14,16,34H,5,8-9,13H2,1H3,(H,26,33)(H2,30,31,35)/b7-3+,18-11?,27-21?. The van der Waals surface area contributed by atoms with E-state index in [9.17, 15) is 14.7 Å². The molecule has 0 bridgehead atoms. The molecule has 3 heterocycles. The zero-order valence-electron chi connectivity index (χ0n) is 19.2. The van der Waals surface area contributed by atoms with Gasteiger partial charge >= 0.3 is 5.69 Å². The molecule has 1 amide bonds. The molecule has 5 rings (SSSR count). The molecule has 1 aliphatic carbocycles. The van der Waals surface area contributed by atoms with Crippen molar-refractivity contribution in [2.75, 3.05) is 13.6 Å². The molecule has 1 saturated carbocycles. The molecule has 4 N–H and O–H groups in total. The van der Waals surface area contributed by atoms with Crippen molar-refractivity contribution >= 4 is 23.7 Å². The Morgan fingerprint density at radius 3 is 2.91 bits per heavy atom. The third-order valence-electron chi connectivity index (χ3n) is 5.80. The van der Waals surface area contributed by atoms with Crippen LogP contribution in [0.15, 0.2) is 52.4 Å². The maximum atomic E-state index is 11.9. The van der Waals surface area contributed by atoms with Crippen LogP contribution in [0.25, 0.3) is 17.8 Å². The first-order chi connectivity index (χ1) is 17.0. The number of aromatic amines is 2. The average Bonchev–Trinajstić information content (AvgIpc) is 3.52. The summed E-state index contributed by atoms with van der Waals surface area (Å²) in [7, 11) is 1.61. The Morgan fingerprint density at radius 1 is 1.31 bits per heavy atom. The Kier molecular flexibility index (Phi) is 6.01. The molecule has 10 nitrogen and oxygen atoms in total. The van der Waals surface area contributed by atoms with E-state index in [1.54, 1.807) is 29.9 Å². The van der Waals surface area contributed by atoms with E-state index in [4.69, 9.17) is 9.98 Å². The minimum Gasteiger partial charge on any atom is -0.493 e. The van der Waals surface area contributed by atoms with E-state index in [0.29, 0.717) is 39.9 Å². The second-order valence-electron chi connectivity index (χ2n) is 8.53.